The molecule has 0 unspecified atom stereocenters. The molecule has 0 saturated carbocycles. The van der Waals surface area contributed by atoms with Gasteiger partial charge in [0.05, 0.1) is 12.1 Å². The minimum absolute atomic E-state index is 0.202. The minimum atomic E-state index is -0.518. The monoisotopic (exact) mass is 552 g/mol. The van der Waals surface area contributed by atoms with E-state index in [0.717, 1.165) is 51.6 Å². The van der Waals surface area contributed by atoms with Crippen molar-refractivity contribution in [1.82, 2.24) is 29.3 Å². The van der Waals surface area contributed by atoms with E-state index < -0.39 is 5.60 Å². The van der Waals surface area contributed by atoms with Gasteiger partial charge in [0.2, 0.25) is 0 Å². The number of carbonyl (C=O) groups is 1. The Morgan fingerprint density at radius 1 is 1.02 bits per heavy atom. The molecule has 3 aromatic heterocycles. The Balaban J connectivity index is 1.34. The molecule has 212 valence electrons. The highest BCUT2D eigenvalue weighted by Gasteiger charge is 2.30. The summed E-state index contributed by atoms with van der Waals surface area (Å²) in [6.07, 6.45) is 1.33. The molecule has 0 radical (unpaired) electrons. The standard InChI is InChI=1S/C31H36N8O2/c1-19-34-28(32)27-24(17-26(39(27)35-19)21-12-14-37(15-13-21)30(40)41-31(2,3)4)22-10-11-23-25(16-22)36-38(29(23)33)18-20-8-6-5-7-9-20/h5-11,16-17,21H,12-15,18,33H2,1-4H3,(H2,32,34,35). The van der Waals surface area contributed by atoms with E-state index in [0.29, 0.717) is 37.1 Å². The first kappa shape index (κ1) is 26.6. The first-order valence-electron chi connectivity index (χ1n) is 14.0. The maximum Gasteiger partial charge on any atom is 0.410 e. The van der Waals surface area contributed by atoms with Crippen molar-refractivity contribution in [2.45, 2.75) is 58.6 Å². The normalized spacial score (nSPS) is 14.7. The average molecular weight is 553 g/mol. The van der Waals surface area contributed by atoms with Gasteiger partial charge in [0.15, 0.2) is 5.82 Å². The first-order chi connectivity index (χ1) is 19.6. The van der Waals surface area contributed by atoms with Crippen LogP contribution in [0.25, 0.3) is 27.5 Å². The van der Waals surface area contributed by atoms with Gasteiger partial charge in [-0.2, -0.15) is 10.2 Å². The number of nitrogens with two attached hydrogens (primary N) is 2. The zero-order valence-electron chi connectivity index (χ0n) is 24.0. The number of hydrogen-bond donors (Lipinski definition) is 2. The topological polar surface area (TPSA) is 130 Å². The number of aromatic nitrogens is 5. The van der Waals surface area contributed by atoms with Crippen molar-refractivity contribution < 1.29 is 9.53 Å². The van der Waals surface area contributed by atoms with Gasteiger partial charge in [-0.25, -0.2) is 19.0 Å². The van der Waals surface area contributed by atoms with E-state index in [1.807, 2.05) is 61.2 Å². The first-order valence-corrected chi connectivity index (χ1v) is 14.0. The zero-order valence-corrected chi connectivity index (χ0v) is 24.0. The molecule has 1 aliphatic heterocycles. The van der Waals surface area contributed by atoms with Crippen molar-refractivity contribution in [2.75, 3.05) is 24.6 Å². The van der Waals surface area contributed by atoms with Crippen LogP contribution in [0, 0.1) is 6.92 Å². The summed E-state index contributed by atoms with van der Waals surface area (Å²) in [5.41, 5.74) is 18.2. The molecule has 5 aromatic rings. The highest BCUT2D eigenvalue weighted by molar-refractivity contribution is 5.96. The molecule has 1 amide bonds. The molecule has 1 saturated heterocycles. The number of nitrogens with zero attached hydrogens (tertiary/aromatic N) is 6. The lowest BCUT2D eigenvalue weighted by atomic mass is 9.93. The van der Waals surface area contributed by atoms with Gasteiger partial charge in [0.25, 0.3) is 0 Å². The van der Waals surface area contributed by atoms with Crippen molar-refractivity contribution in [1.29, 1.82) is 0 Å². The lowest BCUT2D eigenvalue weighted by Crippen LogP contribution is -2.41. The van der Waals surface area contributed by atoms with E-state index in [-0.39, 0.29) is 12.0 Å². The summed E-state index contributed by atoms with van der Waals surface area (Å²) in [4.78, 5) is 18.9. The Labute approximate surface area is 238 Å². The highest BCUT2D eigenvalue weighted by atomic mass is 16.6. The van der Waals surface area contributed by atoms with Gasteiger partial charge < -0.3 is 21.1 Å². The fraction of sp³-hybridized carbons (Fsp3) is 0.355. The molecule has 0 bridgehead atoms. The molecule has 0 spiro atoms. The Kier molecular flexibility index (Phi) is 6.56. The maximum absolute atomic E-state index is 12.6. The van der Waals surface area contributed by atoms with Gasteiger partial charge in [0, 0.05) is 35.7 Å². The number of likely N-dealkylation sites (tertiary alicyclic amines) is 1. The van der Waals surface area contributed by atoms with Crippen LogP contribution in [0.3, 0.4) is 0 Å². The van der Waals surface area contributed by atoms with Crippen LogP contribution in [0.15, 0.2) is 54.6 Å². The number of nitrogen functional groups attached to an aromatic ring is 2. The predicted molar refractivity (Wildman–Crippen MR) is 161 cm³/mol. The minimum Gasteiger partial charge on any atom is -0.444 e. The van der Waals surface area contributed by atoms with Crippen LogP contribution in [0.2, 0.25) is 0 Å². The van der Waals surface area contributed by atoms with E-state index in [1.54, 1.807) is 4.90 Å². The second-order valence-corrected chi connectivity index (χ2v) is 11.8. The molecule has 0 aliphatic carbocycles. The second kappa shape index (κ2) is 10.1. The molecule has 0 atom stereocenters. The van der Waals surface area contributed by atoms with Crippen molar-refractivity contribution >= 4 is 34.1 Å². The number of rotatable bonds is 4. The van der Waals surface area contributed by atoms with Gasteiger partial charge in [-0.15, -0.1) is 0 Å². The maximum atomic E-state index is 12.6. The number of hydrogen-bond acceptors (Lipinski definition) is 7. The summed E-state index contributed by atoms with van der Waals surface area (Å²) in [6.45, 7) is 9.33. The molecule has 1 aliphatic rings. The van der Waals surface area contributed by atoms with Gasteiger partial charge in [-0.3, -0.25) is 0 Å². The third kappa shape index (κ3) is 5.17. The Morgan fingerprint density at radius 2 is 1.76 bits per heavy atom. The largest absolute Gasteiger partial charge is 0.444 e. The molecule has 4 heterocycles. The van der Waals surface area contributed by atoms with Gasteiger partial charge in [-0.1, -0.05) is 36.4 Å². The third-order valence-corrected chi connectivity index (χ3v) is 7.60. The lowest BCUT2D eigenvalue weighted by Gasteiger charge is -2.33. The van der Waals surface area contributed by atoms with Crippen LogP contribution in [-0.4, -0.2) is 54.1 Å². The van der Waals surface area contributed by atoms with Crippen LogP contribution in [0.4, 0.5) is 16.4 Å². The van der Waals surface area contributed by atoms with E-state index >= 15 is 0 Å². The number of piperidine rings is 1. The summed E-state index contributed by atoms with van der Waals surface area (Å²) in [5.74, 6) is 1.87. The average Bonchev–Trinajstić information content (AvgIpc) is 3.46. The quantitative estimate of drug-likeness (QED) is 0.306. The van der Waals surface area contributed by atoms with E-state index in [9.17, 15) is 4.79 Å². The predicted octanol–water partition coefficient (Wildman–Crippen LogP) is 5.38. The third-order valence-electron chi connectivity index (χ3n) is 7.60. The Morgan fingerprint density at radius 3 is 2.46 bits per heavy atom. The molecular weight excluding hydrogens is 516 g/mol. The van der Waals surface area contributed by atoms with Gasteiger partial charge >= 0.3 is 6.09 Å². The second-order valence-electron chi connectivity index (χ2n) is 11.8. The van der Waals surface area contributed by atoms with Crippen LogP contribution in [0.1, 0.15) is 56.6 Å². The highest BCUT2D eigenvalue weighted by Crippen LogP contribution is 2.38. The molecule has 6 rings (SSSR count). The Bertz CT molecular complexity index is 1740. The number of aryl methyl sites for hydroxylation is 1. The Hall–Kier alpha value is -4.60. The number of ether oxygens (including phenoxy) is 1. The van der Waals surface area contributed by atoms with E-state index in [1.165, 1.54) is 0 Å². The summed E-state index contributed by atoms with van der Waals surface area (Å²) in [6, 6.07) is 18.4. The number of anilines is 2. The fourth-order valence-electron chi connectivity index (χ4n) is 5.66. The number of fused-ring (bicyclic) bond motifs is 2. The molecule has 10 heteroatoms. The van der Waals surface area contributed by atoms with Crippen molar-refractivity contribution in [3.05, 3.63) is 71.7 Å². The van der Waals surface area contributed by atoms with Gasteiger partial charge in [-0.05, 0) is 69.9 Å². The number of benzene rings is 2. The van der Waals surface area contributed by atoms with Crippen molar-refractivity contribution in [3.8, 4) is 11.1 Å². The summed E-state index contributed by atoms with van der Waals surface area (Å²) in [5, 5.41) is 10.5. The molecule has 1 fully saturated rings. The van der Waals surface area contributed by atoms with Crippen LogP contribution < -0.4 is 11.5 Å². The van der Waals surface area contributed by atoms with Crippen LogP contribution in [0.5, 0.6) is 0 Å². The fourth-order valence-corrected chi connectivity index (χ4v) is 5.66. The summed E-state index contributed by atoms with van der Waals surface area (Å²) in [7, 11) is 0. The van der Waals surface area contributed by atoms with Crippen molar-refractivity contribution in [3.63, 3.8) is 0 Å². The summed E-state index contributed by atoms with van der Waals surface area (Å²) < 4.78 is 9.37. The molecule has 10 nitrogen and oxygen atoms in total. The van der Waals surface area contributed by atoms with Crippen LogP contribution >= 0.6 is 0 Å². The van der Waals surface area contributed by atoms with Crippen LogP contribution in [-0.2, 0) is 11.3 Å². The molecular formula is C31H36N8O2. The zero-order chi connectivity index (χ0) is 28.9. The molecule has 2 aromatic carbocycles. The van der Waals surface area contributed by atoms with Gasteiger partial charge in [0.1, 0.15) is 22.8 Å². The molecule has 41 heavy (non-hydrogen) atoms. The summed E-state index contributed by atoms with van der Waals surface area (Å²) >= 11 is 0. The van der Waals surface area contributed by atoms with E-state index in [2.05, 4.69) is 35.3 Å². The SMILES string of the molecule is Cc1nc(N)c2c(-c3ccc4c(N)n(Cc5ccccc5)nc4c3)cc(C3CCN(C(=O)OC(C)(C)C)CC3)n2n1. The van der Waals surface area contributed by atoms with E-state index in [4.69, 9.17) is 26.4 Å². The number of carbonyl (C=O) groups excluding carboxylic acids is 1. The number of amides is 1. The van der Waals surface area contributed by atoms with Crippen molar-refractivity contribution in [2.24, 2.45) is 0 Å². The molecule has 4 N–H and O–H groups in total. The lowest BCUT2D eigenvalue weighted by molar-refractivity contribution is 0.0203. The smallest absolute Gasteiger partial charge is 0.410 e.